The highest BCUT2D eigenvalue weighted by Gasteiger charge is 2.10. The maximum Gasteiger partial charge on any atom is 0.286 e. The molecular formula is C15H13N3O2. The van der Waals surface area contributed by atoms with Crippen LogP contribution < -0.4 is 4.74 Å². The number of hydrogen-bond acceptors (Lipinski definition) is 4. The van der Waals surface area contributed by atoms with Gasteiger partial charge < -0.3 is 9.84 Å². The Bertz CT molecular complexity index is 668. The van der Waals surface area contributed by atoms with Crippen molar-refractivity contribution in [2.45, 2.75) is 6.41 Å². The lowest BCUT2D eigenvalue weighted by Crippen LogP contribution is -2.13. The standard InChI is InChI=1S/C15H13N3O2/c19-15(20-13-6-2-1-3-7-13)18-10-14(17-11-18)12-5-4-8-16-9-12/h1-11,15,19H. The van der Waals surface area contributed by atoms with Crippen LogP contribution >= 0.6 is 0 Å². The van der Waals surface area contributed by atoms with Gasteiger partial charge in [0.25, 0.3) is 6.41 Å². The molecule has 20 heavy (non-hydrogen) atoms. The van der Waals surface area contributed by atoms with Gasteiger partial charge in [0.15, 0.2) is 0 Å². The fourth-order valence-electron chi connectivity index (χ4n) is 1.80. The van der Waals surface area contributed by atoms with E-state index in [1.807, 2.05) is 30.3 Å². The zero-order valence-corrected chi connectivity index (χ0v) is 10.6. The number of pyridine rings is 1. The van der Waals surface area contributed by atoms with Gasteiger partial charge >= 0.3 is 0 Å². The van der Waals surface area contributed by atoms with Crippen molar-refractivity contribution in [2.75, 3.05) is 0 Å². The second-order valence-electron chi connectivity index (χ2n) is 4.21. The van der Waals surface area contributed by atoms with Crippen LogP contribution in [0.25, 0.3) is 11.3 Å². The minimum Gasteiger partial charge on any atom is -0.446 e. The van der Waals surface area contributed by atoms with E-state index in [4.69, 9.17) is 4.74 Å². The number of hydrogen-bond donors (Lipinski definition) is 1. The van der Waals surface area contributed by atoms with E-state index < -0.39 is 6.41 Å². The van der Waals surface area contributed by atoms with Crippen molar-refractivity contribution in [3.63, 3.8) is 0 Å². The Morgan fingerprint density at radius 1 is 1.10 bits per heavy atom. The van der Waals surface area contributed by atoms with Gasteiger partial charge in [0.1, 0.15) is 12.1 Å². The molecular weight excluding hydrogens is 254 g/mol. The molecule has 100 valence electrons. The lowest BCUT2D eigenvalue weighted by Gasteiger charge is -2.13. The molecule has 0 amide bonds. The predicted octanol–water partition coefficient (Wildman–Crippen LogP) is 2.47. The molecule has 0 radical (unpaired) electrons. The van der Waals surface area contributed by atoms with Gasteiger partial charge in [-0.15, -0.1) is 0 Å². The molecule has 1 unspecified atom stereocenters. The van der Waals surface area contributed by atoms with Gasteiger partial charge in [0, 0.05) is 24.2 Å². The Hall–Kier alpha value is -2.66. The Labute approximate surface area is 116 Å². The van der Waals surface area contributed by atoms with Gasteiger partial charge in [0.05, 0.1) is 5.69 Å². The lowest BCUT2D eigenvalue weighted by atomic mass is 10.2. The van der Waals surface area contributed by atoms with E-state index in [0.29, 0.717) is 5.75 Å². The van der Waals surface area contributed by atoms with E-state index in [9.17, 15) is 5.11 Å². The van der Waals surface area contributed by atoms with Crippen molar-refractivity contribution in [1.82, 2.24) is 14.5 Å². The average Bonchev–Trinajstić information content (AvgIpc) is 2.99. The zero-order chi connectivity index (χ0) is 13.8. The summed E-state index contributed by atoms with van der Waals surface area (Å²) in [6, 6.07) is 12.9. The lowest BCUT2D eigenvalue weighted by molar-refractivity contribution is -0.0793. The van der Waals surface area contributed by atoms with Gasteiger partial charge in [-0.1, -0.05) is 18.2 Å². The number of benzene rings is 1. The molecule has 3 aromatic rings. The van der Waals surface area contributed by atoms with Crippen molar-refractivity contribution in [3.05, 3.63) is 67.4 Å². The van der Waals surface area contributed by atoms with E-state index in [1.165, 1.54) is 10.9 Å². The molecule has 0 aliphatic heterocycles. The summed E-state index contributed by atoms with van der Waals surface area (Å²) in [6.45, 7) is 0. The Morgan fingerprint density at radius 2 is 1.95 bits per heavy atom. The SMILES string of the molecule is OC(Oc1ccccc1)n1cnc(-c2cccnc2)c1. The summed E-state index contributed by atoms with van der Waals surface area (Å²) in [6.07, 6.45) is 5.54. The van der Waals surface area contributed by atoms with E-state index in [0.717, 1.165) is 11.3 Å². The molecule has 5 heteroatoms. The molecule has 2 aromatic heterocycles. The van der Waals surface area contributed by atoms with Crippen LogP contribution in [0.2, 0.25) is 0 Å². The highest BCUT2D eigenvalue weighted by molar-refractivity contribution is 5.56. The highest BCUT2D eigenvalue weighted by Crippen LogP contribution is 2.19. The van der Waals surface area contributed by atoms with E-state index >= 15 is 0 Å². The third-order valence-electron chi connectivity index (χ3n) is 2.80. The van der Waals surface area contributed by atoms with Crippen LogP contribution in [0.1, 0.15) is 6.41 Å². The molecule has 5 nitrogen and oxygen atoms in total. The monoisotopic (exact) mass is 267 g/mol. The molecule has 1 aromatic carbocycles. The fourth-order valence-corrected chi connectivity index (χ4v) is 1.80. The molecule has 1 atom stereocenters. The van der Waals surface area contributed by atoms with E-state index in [2.05, 4.69) is 9.97 Å². The first-order valence-electron chi connectivity index (χ1n) is 6.16. The van der Waals surface area contributed by atoms with E-state index in [1.54, 1.807) is 30.7 Å². The molecule has 0 spiro atoms. The molecule has 0 aliphatic carbocycles. The number of aliphatic hydroxyl groups is 1. The van der Waals surface area contributed by atoms with Crippen LogP contribution in [-0.4, -0.2) is 19.6 Å². The minimum absolute atomic E-state index is 0.594. The van der Waals surface area contributed by atoms with Crippen LogP contribution in [0.3, 0.4) is 0 Å². The first-order valence-corrected chi connectivity index (χ1v) is 6.16. The van der Waals surface area contributed by atoms with Crippen LogP contribution in [0.4, 0.5) is 0 Å². The maximum atomic E-state index is 10.0. The largest absolute Gasteiger partial charge is 0.446 e. The Kier molecular flexibility index (Phi) is 3.43. The summed E-state index contributed by atoms with van der Waals surface area (Å²) in [7, 11) is 0. The maximum absolute atomic E-state index is 10.0. The second-order valence-corrected chi connectivity index (χ2v) is 4.21. The van der Waals surface area contributed by atoms with Crippen LogP contribution in [0.15, 0.2) is 67.4 Å². The number of aromatic nitrogens is 3. The number of aliphatic hydroxyl groups excluding tert-OH is 1. The third kappa shape index (κ3) is 2.67. The summed E-state index contributed by atoms with van der Waals surface area (Å²) in [5.41, 5.74) is 1.62. The fraction of sp³-hybridized carbons (Fsp3) is 0.0667. The van der Waals surface area contributed by atoms with Crippen molar-refractivity contribution in [1.29, 1.82) is 0 Å². The molecule has 1 N–H and O–H groups in total. The van der Waals surface area contributed by atoms with Crippen LogP contribution in [0, 0.1) is 0 Å². The van der Waals surface area contributed by atoms with Crippen LogP contribution in [-0.2, 0) is 0 Å². The Balaban J connectivity index is 1.77. The Morgan fingerprint density at radius 3 is 2.70 bits per heavy atom. The molecule has 3 rings (SSSR count). The first kappa shape index (κ1) is 12.4. The van der Waals surface area contributed by atoms with Crippen molar-refractivity contribution < 1.29 is 9.84 Å². The van der Waals surface area contributed by atoms with Gasteiger partial charge in [-0.05, 0) is 24.3 Å². The topological polar surface area (TPSA) is 60.2 Å². The van der Waals surface area contributed by atoms with Gasteiger partial charge in [-0.2, -0.15) is 0 Å². The normalized spacial score (nSPS) is 12.1. The summed E-state index contributed by atoms with van der Waals surface area (Å²) in [5.74, 6) is 0.594. The molecule has 0 aliphatic rings. The number of imidazole rings is 1. The highest BCUT2D eigenvalue weighted by atomic mass is 16.6. The zero-order valence-electron chi connectivity index (χ0n) is 10.6. The molecule has 0 fully saturated rings. The summed E-state index contributed by atoms with van der Waals surface area (Å²) in [4.78, 5) is 8.27. The first-order chi connectivity index (χ1) is 9.83. The van der Waals surface area contributed by atoms with Crippen molar-refractivity contribution >= 4 is 0 Å². The smallest absolute Gasteiger partial charge is 0.286 e. The predicted molar refractivity (Wildman–Crippen MR) is 73.8 cm³/mol. The number of nitrogens with zero attached hydrogens (tertiary/aromatic N) is 3. The summed E-state index contributed by atoms with van der Waals surface area (Å²) < 4.78 is 6.91. The number of ether oxygens (including phenoxy) is 1. The average molecular weight is 267 g/mol. The van der Waals surface area contributed by atoms with Gasteiger partial charge in [0.2, 0.25) is 0 Å². The number of rotatable bonds is 4. The summed E-state index contributed by atoms with van der Waals surface area (Å²) >= 11 is 0. The third-order valence-corrected chi connectivity index (χ3v) is 2.80. The van der Waals surface area contributed by atoms with Gasteiger partial charge in [-0.25, -0.2) is 4.98 Å². The molecule has 0 saturated carbocycles. The van der Waals surface area contributed by atoms with Gasteiger partial charge in [-0.3, -0.25) is 9.55 Å². The molecule has 0 bridgehead atoms. The number of para-hydroxylation sites is 1. The molecule has 2 heterocycles. The quantitative estimate of drug-likeness (QED) is 0.738. The summed E-state index contributed by atoms with van der Waals surface area (Å²) in [5, 5.41) is 10.0. The minimum atomic E-state index is -1.12. The van der Waals surface area contributed by atoms with E-state index in [-0.39, 0.29) is 0 Å². The van der Waals surface area contributed by atoms with Crippen molar-refractivity contribution in [2.24, 2.45) is 0 Å². The second kappa shape index (κ2) is 5.54. The molecule has 0 saturated heterocycles. The van der Waals surface area contributed by atoms with Crippen LogP contribution in [0.5, 0.6) is 5.75 Å². The van der Waals surface area contributed by atoms with Crippen molar-refractivity contribution in [3.8, 4) is 17.0 Å².